The molecule has 4 aromatic rings. The predicted molar refractivity (Wildman–Crippen MR) is 106 cm³/mol. The zero-order valence-corrected chi connectivity index (χ0v) is 14.8. The third-order valence-corrected chi connectivity index (χ3v) is 7.28. The van der Waals surface area contributed by atoms with Crippen LogP contribution in [0.15, 0.2) is 54.0 Å². The lowest BCUT2D eigenvalue weighted by Gasteiger charge is -1.99. The van der Waals surface area contributed by atoms with Gasteiger partial charge in [0.15, 0.2) is 5.69 Å². The molecule has 0 amide bonds. The van der Waals surface area contributed by atoms with Crippen molar-refractivity contribution in [2.45, 2.75) is 0 Å². The van der Waals surface area contributed by atoms with E-state index < -0.39 is 0 Å². The van der Waals surface area contributed by atoms with Crippen LogP contribution in [0.4, 0.5) is 11.5 Å². The summed E-state index contributed by atoms with van der Waals surface area (Å²) in [5, 5.41) is 5.32. The van der Waals surface area contributed by atoms with Gasteiger partial charge >= 0.3 is 5.82 Å². The van der Waals surface area contributed by atoms with Crippen molar-refractivity contribution in [1.29, 1.82) is 0 Å². The van der Waals surface area contributed by atoms with Crippen molar-refractivity contribution in [3.63, 3.8) is 0 Å². The van der Waals surface area contributed by atoms with Gasteiger partial charge in [0.05, 0.1) is 0 Å². The van der Waals surface area contributed by atoms with E-state index in [9.17, 15) is 0 Å². The van der Waals surface area contributed by atoms with E-state index in [2.05, 4.69) is 57.1 Å². The SMILES string of the molecule is C1=[N+]c2nccc(-c3ccc(-c4ccc(-c5cccs5)s4)s3)c2N1. The first kappa shape index (κ1) is 14.1. The van der Waals surface area contributed by atoms with Gasteiger partial charge in [0.1, 0.15) is 6.20 Å². The Balaban J connectivity index is 1.51. The zero-order valence-electron chi connectivity index (χ0n) is 12.4. The Bertz CT molecular complexity index is 1040. The molecule has 0 unspecified atom stereocenters. The second-order valence-corrected chi connectivity index (χ2v) is 8.38. The van der Waals surface area contributed by atoms with Gasteiger partial charge in [0.2, 0.25) is 6.34 Å². The molecule has 0 aliphatic carbocycles. The maximum absolute atomic E-state index is 4.29. The average Bonchev–Trinajstić information content (AvgIpc) is 3.41. The van der Waals surface area contributed by atoms with Gasteiger partial charge in [-0.05, 0) is 41.8 Å². The van der Waals surface area contributed by atoms with Gasteiger partial charge in [0, 0.05) is 29.9 Å². The first-order valence-electron chi connectivity index (χ1n) is 7.41. The van der Waals surface area contributed by atoms with Crippen molar-refractivity contribution >= 4 is 51.9 Å². The zero-order chi connectivity index (χ0) is 15.9. The molecule has 5 rings (SSSR count). The maximum Gasteiger partial charge on any atom is 0.336 e. The van der Waals surface area contributed by atoms with Crippen LogP contribution < -0.4 is 10.3 Å². The van der Waals surface area contributed by atoms with Crippen LogP contribution in [0.5, 0.6) is 0 Å². The topological polar surface area (TPSA) is 39.0 Å². The molecule has 4 aromatic heterocycles. The maximum atomic E-state index is 4.29. The number of hydrogen-bond donors (Lipinski definition) is 1. The van der Waals surface area contributed by atoms with Crippen LogP contribution in [0.3, 0.4) is 0 Å². The fourth-order valence-electron chi connectivity index (χ4n) is 2.69. The molecule has 0 saturated carbocycles. The first-order chi connectivity index (χ1) is 11.9. The molecule has 0 atom stereocenters. The van der Waals surface area contributed by atoms with Gasteiger partial charge in [-0.2, -0.15) is 0 Å². The molecular formula is C18H11N3S3+. The number of hydrogen-bond acceptors (Lipinski definition) is 6. The molecule has 5 heterocycles. The molecule has 115 valence electrons. The van der Waals surface area contributed by atoms with Crippen LogP contribution in [-0.2, 0) is 0 Å². The van der Waals surface area contributed by atoms with Gasteiger partial charge in [-0.3, -0.25) is 5.32 Å². The van der Waals surface area contributed by atoms with Gasteiger partial charge in [-0.25, -0.2) is 0 Å². The Kier molecular flexibility index (Phi) is 3.33. The molecular weight excluding hydrogens is 354 g/mol. The number of aliphatic imine (C=N–C) groups is 1. The molecule has 1 radical (unpaired) electrons. The lowest BCUT2D eigenvalue weighted by molar-refractivity contribution is 1.24. The van der Waals surface area contributed by atoms with Gasteiger partial charge in [0.25, 0.3) is 0 Å². The molecule has 3 nitrogen and oxygen atoms in total. The summed E-state index contributed by atoms with van der Waals surface area (Å²) in [5.74, 6) is 0.763. The van der Waals surface area contributed by atoms with E-state index in [0.29, 0.717) is 0 Å². The molecule has 0 aromatic carbocycles. The van der Waals surface area contributed by atoms with E-state index in [0.717, 1.165) is 17.1 Å². The van der Waals surface area contributed by atoms with Crippen molar-refractivity contribution in [2.75, 3.05) is 5.32 Å². The molecule has 0 saturated heterocycles. The van der Waals surface area contributed by atoms with Crippen LogP contribution >= 0.6 is 34.0 Å². The number of nitrogens with one attached hydrogen (secondary N) is 1. The standard InChI is InChI=1S/C18H11N3S3/c1-2-13(22-9-1)14-5-6-16(24-14)15-4-3-12(23-15)11-7-8-19-18-17(11)20-10-21-18/h1-10,20H/q+1. The van der Waals surface area contributed by atoms with Crippen LogP contribution in [0.1, 0.15) is 0 Å². The summed E-state index contributed by atoms with van der Waals surface area (Å²) < 4.78 is 0. The Hall–Kier alpha value is -2.28. The minimum Gasteiger partial charge on any atom is -0.271 e. The molecule has 1 aliphatic rings. The van der Waals surface area contributed by atoms with Crippen LogP contribution in [-0.4, -0.2) is 11.3 Å². The molecule has 0 fully saturated rings. The first-order valence-corrected chi connectivity index (χ1v) is 9.92. The summed E-state index contributed by atoms with van der Waals surface area (Å²) in [6.45, 7) is 0. The lowest BCUT2D eigenvalue weighted by atomic mass is 10.2. The van der Waals surface area contributed by atoms with Crippen molar-refractivity contribution in [1.82, 2.24) is 9.98 Å². The Labute approximate surface area is 151 Å². The third kappa shape index (κ3) is 2.31. The molecule has 24 heavy (non-hydrogen) atoms. The highest BCUT2D eigenvalue weighted by molar-refractivity contribution is 7.27. The highest BCUT2D eigenvalue weighted by Gasteiger charge is 2.22. The van der Waals surface area contributed by atoms with E-state index in [4.69, 9.17) is 0 Å². The highest BCUT2D eigenvalue weighted by Crippen LogP contribution is 2.43. The Morgan fingerprint density at radius 2 is 1.58 bits per heavy atom. The van der Waals surface area contributed by atoms with Crippen LogP contribution in [0, 0.1) is 0 Å². The molecule has 1 N–H and O–H groups in total. The van der Waals surface area contributed by atoms with Gasteiger partial charge in [-0.1, -0.05) is 11.1 Å². The number of rotatable bonds is 3. The molecule has 0 bridgehead atoms. The molecule has 1 aliphatic heterocycles. The molecule has 6 heteroatoms. The number of aromatic nitrogens is 1. The monoisotopic (exact) mass is 365 g/mol. The largest absolute Gasteiger partial charge is 0.336 e. The Morgan fingerprint density at radius 1 is 0.833 bits per heavy atom. The fourth-order valence-corrected chi connectivity index (χ4v) is 5.66. The average molecular weight is 366 g/mol. The third-order valence-electron chi connectivity index (χ3n) is 3.81. The van der Waals surface area contributed by atoms with Crippen molar-refractivity contribution < 1.29 is 0 Å². The van der Waals surface area contributed by atoms with Gasteiger partial charge in [-0.15, -0.1) is 39.0 Å². The Morgan fingerprint density at radius 3 is 2.38 bits per heavy atom. The van der Waals surface area contributed by atoms with Gasteiger partial charge < -0.3 is 0 Å². The second kappa shape index (κ2) is 5.66. The van der Waals surface area contributed by atoms with Crippen LogP contribution in [0.25, 0.3) is 29.9 Å². The van der Waals surface area contributed by atoms with E-state index in [1.165, 1.54) is 24.4 Å². The summed E-state index contributed by atoms with van der Waals surface area (Å²) in [5.41, 5.74) is 2.15. The quantitative estimate of drug-likeness (QED) is 0.507. The summed E-state index contributed by atoms with van der Waals surface area (Å²) in [4.78, 5) is 15.0. The summed E-state index contributed by atoms with van der Waals surface area (Å²) in [7, 11) is 0. The second-order valence-electron chi connectivity index (χ2n) is 5.26. The minimum absolute atomic E-state index is 0.763. The van der Waals surface area contributed by atoms with E-state index in [1.54, 1.807) is 29.0 Å². The van der Waals surface area contributed by atoms with E-state index in [-0.39, 0.29) is 0 Å². The summed E-state index contributed by atoms with van der Waals surface area (Å²) in [6.07, 6.45) is 3.51. The number of fused-ring (bicyclic) bond motifs is 1. The van der Waals surface area contributed by atoms with E-state index in [1.807, 2.05) is 23.6 Å². The smallest absolute Gasteiger partial charge is 0.271 e. The lowest BCUT2D eigenvalue weighted by Crippen LogP contribution is -1.90. The summed E-state index contributed by atoms with van der Waals surface area (Å²) >= 11 is 5.44. The van der Waals surface area contributed by atoms with Crippen molar-refractivity contribution in [2.24, 2.45) is 0 Å². The number of nitrogens with zero attached hydrogens (tertiary/aromatic N) is 2. The summed E-state index contributed by atoms with van der Waals surface area (Å²) in [6, 6.07) is 15.1. The molecule has 0 spiro atoms. The minimum atomic E-state index is 0.763. The predicted octanol–water partition coefficient (Wildman–Crippen LogP) is 5.69. The fraction of sp³-hybridized carbons (Fsp3) is 0. The number of thiophene rings is 3. The van der Waals surface area contributed by atoms with Crippen LogP contribution in [0.2, 0.25) is 0 Å². The van der Waals surface area contributed by atoms with Crippen molar-refractivity contribution in [3.8, 4) is 29.9 Å². The highest BCUT2D eigenvalue weighted by atomic mass is 32.1. The van der Waals surface area contributed by atoms with Crippen molar-refractivity contribution in [3.05, 3.63) is 54.0 Å². The number of anilines is 1. The number of pyridine rings is 1. The normalized spacial score (nSPS) is 12.3. The van der Waals surface area contributed by atoms with E-state index >= 15 is 0 Å².